The summed E-state index contributed by atoms with van der Waals surface area (Å²) in [6.07, 6.45) is 1.85. The minimum absolute atomic E-state index is 0.284. The number of amides is 2. The van der Waals surface area contributed by atoms with E-state index in [-0.39, 0.29) is 11.8 Å². The first-order valence-electron chi connectivity index (χ1n) is 10.8. The number of rotatable bonds is 7. The molecule has 0 saturated carbocycles. The van der Waals surface area contributed by atoms with Crippen LogP contribution in [0.4, 0.5) is 0 Å². The second kappa shape index (κ2) is 9.99. The van der Waals surface area contributed by atoms with Crippen LogP contribution in [0.3, 0.4) is 0 Å². The average molecular weight is 445 g/mol. The minimum Gasteiger partial charge on any atom is -0.497 e. The summed E-state index contributed by atoms with van der Waals surface area (Å²) in [4.78, 5) is 25.8. The van der Waals surface area contributed by atoms with Crippen molar-refractivity contribution in [2.24, 2.45) is 0 Å². The van der Waals surface area contributed by atoms with Crippen molar-refractivity contribution in [3.63, 3.8) is 0 Å². The first kappa shape index (κ1) is 22.1. The highest BCUT2D eigenvalue weighted by molar-refractivity contribution is 5.98. The molecule has 33 heavy (non-hydrogen) atoms. The number of hydrogen-bond acceptors (Lipinski definition) is 4. The predicted octanol–water partition coefficient (Wildman–Crippen LogP) is 3.11. The van der Waals surface area contributed by atoms with E-state index in [0.717, 1.165) is 16.9 Å². The third kappa shape index (κ3) is 5.03. The molecule has 1 fully saturated rings. The largest absolute Gasteiger partial charge is 0.497 e. The van der Waals surface area contributed by atoms with E-state index < -0.39 is 12.1 Å². The van der Waals surface area contributed by atoms with Gasteiger partial charge >= 0.3 is 5.91 Å². The fourth-order valence-corrected chi connectivity index (χ4v) is 3.77. The summed E-state index contributed by atoms with van der Waals surface area (Å²) >= 11 is 0. The van der Waals surface area contributed by atoms with Crippen LogP contribution in [0.25, 0.3) is 0 Å². The maximum atomic E-state index is 12.9. The van der Waals surface area contributed by atoms with Crippen LogP contribution in [0.5, 0.6) is 11.5 Å². The molecule has 1 aliphatic rings. The summed E-state index contributed by atoms with van der Waals surface area (Å²) in [5, 5.41) is 2.90. The van der Waals surface area contributed by atoms with E-state index in [4.69, 9.17) is 9.47 Å². The second-order valence-corrected chi connectivity index (χ2v) is 7.55. The molecule has 0 spiro atoms. The average Bonchev–Trinajstić information content (AvgIpc) is 3.15. The van der Waals surface area contributed by atoms with E-state index >= 15 is 0 Å². The molecule has 1 aliphatic heterocycles. The normalized spacial score (nSPS) is 18.6. The summed E-state index contributed by atoms with van der Waals surface area (Å²) in [6, 6.07) is 22.8. The van der Waals surface area contributed by atoms with Crippen molar-refractivity contribution in [3.05, 3.63) is 95.6 Å². The van der Waals surface area contributed by atoms with Gasteiger partial charge in [0.2, 0.25) is 12.3 Å². The monoisotopic (exact) mass is 444 g/mol. The lowest BCUT2D eigenvalue weighted by atomic mass is 10.00. The molecule has 168 valence electrons. The van der Waals surface area contributed by atoms with Crippen LogP contribution in [0.15, 0.2) is 78.9 Å². The van der Waals surface area contributed by atoms with Crippen LogP contribution >= 0.6 is 0 Å². The van der Waals surface area contributed by atoms with Gasteiger partial charge in [0.15, 0.2) is 6.04 Å². The van der Waals surface area contributed by atoms with Gasteiger partial charge in [-0.15, -0.1) is 10.1 Å². The first-order valence-corrected chi connectivity index (χ1v) is 10.8. The fourth-order valence-electron chi connectivity index (χ4n) is 3.77. The standard InChI is InChI=1S/C26H25N3O4/c1-3-33-22-13-9-18(10-14-22)17-29-24(19-7-5-4-6-8-19)23(26(31)28-29)27-25(30)20-11-15-21(32-2)16-12-20/h4-17,23-24H,3H2,1-2H3,(H-,27,28,30,31)/p+1/b29-17-/t23-,24+/m0/s1. The van der Waals surface area contributed by atoms with Crippen molar-refractivity contribution in [1.29, 1.82) is 0 Å². The molecule has 7 nitrogen and oxygen atoms in total. The second-order valence-electron chi connectivity index (χ2n) is 7.55. The first-order chi connectivity index (χ1) is 16.1. The maximum absolute atomic E-state index is 12.9. The summed E-state index contributed by atoms with van der Waals surface area (Å²) < 4.78 is 12.4. The Balaban J connectivity index is 1.63. The smallest absolute Gasteiger partial charge is 0.304 e. The third-order valence-corrected chi connectivity index (χ3v) is 5.40. The SMILES string of the molecule is CCOc1ccc(/C=[N+]2\NC(=O)[C@@H](NC(=O)c3ccc(OC)cc3)[C@H]2c2ccccc2)cc1. The molecule has 3 aromatic rings. The highest BCUT2D eigenvalue weighted by Crippen LogP contribution is 2.25. The zero-order valence-electron chi connectivity index (χ0n) is 18.5. The van der Waals surface area contributed by atoms with Crippen LogP contribution in [0.1, 0.15) is 34.5 Å². The molecule has 0 unspecified atom stereocenters. The molecule has 0 bridgehead atoms. The summed E-state index contributed by atoms with van der Waals surface area (Å²) in [5.41, 5.74) is 5.13. The molecule has 1 heterocycles. The third-order valence-electron chi connectivity index (χ3n) is 5.40. The van der Waals surface area contributed by atoms with Gasteiger partial charge in [0, 0.05) is 16.7 Å². The molecule has 4 rings (SSSR count). The summed E-state index contributed by atoms with van der Waals surface area (Å²) in [6.45, 7) is 2.53. The van der Waals surface area contributed by atoms with Crippen molar-refractivity contribution in [1.82, 2.24) is 10.7 Å². The topological polar surface area (TPSA) is 79.7 Å². The molecule has 1 saturated heterocycles. The fraction of sp³-hybridized carbons (Fsp3) is 0.192. The molecule has 2 N–H and O–H groups in total. The van der Waals surface area contributed by atoms with Gasteiger partial charge in [0.1, 0.15) is 11.5 Å². The highest BCUT2D eigenvalue weighted by Gasteiger charge is 2.47. The minimum atomic E-state index is -0.777. The predicted molar refractivity (Wildman–Crippen MR) is 125 cm³/mol. The lowest BCUT2D eigenvalue weighted by Gasteiger charge is -2.15. The van der Waals surface area contributed by atoms with Crippen molar-refractivity contribution in [2.45, 2.75) is 19.0 Å². The van der Waals surface area contributed by atoms with E-state index in [9.17, 15) is 9.59 Å². The zero-order valence-corrected chi connectivity index (χ0v) is 18.5. The van der Waals surface area contributed by atoms with Gasteiger partial charge in [-0.2, -0.15) is 0 Å². The molecular formula is C26H26N3O4+. The van der Waals surface area contributed by atoms with Crippen molar-refractivity contribution < 1.29 is 23.7 Å². The Morgan fingerprint density at radius 1 is 1.00 bits per heavy atom. The van der Waals surface area contributed by atoms with E-state index in [2.05, 4.69) is 10.7 Å². The Labute approximate surface area is 192 Å². The molecule has 2 amide bonds. The number of nitrogens with one attached hydrogen (secondary N) is 2. The summed E-state index contributed by atoms with van der Waals surface area (Å²) in [7, 11) is 1.57. The van der Waals surface area contributed by atoms with Crippen molar-refractivity contribution >= 4 is 18.0 Å². The number of hydrogen-bond donors (Lipinski definition) is 2. The van der Waals surface area contributed by atoms with E-state index in [1.165, 1.54) is 0 Å². The number of methoxy groups -OCH3 is 1. The molecule has 2 atom stereocenters. The molecule has 0 aliphatic carbocycles. The van der Waals surface area contributed by atoms with Crippen LogP contribution in [-0.2, 0) is 4.79 Å². The zero-order chi connectivity index (χ0) is 23.2. The highest BCUT2D eigenvalue weighted by atomic mass is 16.5. The lowest BCUT2D eigenvalue weighted by Crippen LogP contribution is -2.42. The van der Waals surface area contributed by atoms with Crippen LogP contribution in [-0.4, -0.2) is 42.5 Å². The van der Waals surface area contributed by atoms with Crippen molar-refractivity contribution in [3.8, 4) is 11.5 Å². The number of ether oxygens (including phenoxy) is 2. The van der Waals surface area contributed by atoms with Gasteiger partial charge < -0.3 is 14.8 Å². The number of carbonyl (C=O) groups is 2. The Morgan fingerprint density at radius 3 is 2.30 bits per heavy atom. The Kier molecular flexibility index (Phi) is 6.69. The number of carbonyl (C=O) groups excluding carboxylic acids is 2. The van der Waals surface area contributed by atoms with Gasteiger partial charge in [0.05, 0.1) is 13.7 Å². The van der Waals surface area contributed by atoms with Crippen LogP contribution in [0, 0.1) is 0 Å². The Morgan fingerprint density at radius 2 is 1.67 bits per heavy atom. The van der Waals surface area contributed by atoms with E-state index in [1.54, 1.807) is 36.1 Å². The van der Waals surface area contributed by atoms with Gasteiger partial charge in [-0.3, -0.25) is 9.59 Å². The quantitative estimate of drug-likeness (QED) is 0.549. The Hall–Kier alpha value is -4.13. The van der Waals surface area contributed by atoms with Crippen LogP contribution in [0.2, 0.25) is 0 Å². The maximum Gasteiger partial charge on any atom is 0.304 e. The summed E-state index contributed by atoms with van der Waals surface area (Å²) in [5.74, 6) is 0.822. The van der Waals surface area contributed by atoms with Crippen molar-refractivity contribution in [2.75, 3.05) is 13.7 Å². The van der Waals surface area contributed by atoms with Gasteiger partial charge in [-0.05, 0) is 55.5 Å². The van der Waals surface area contributed by atoms with Gasteiger partial charge in [-0.25, -0.2) is 0 Å². The number of hydrazone groups is 1. The molecule has 0 radical (unpaired) electrons. The number of benzene rings is 3. The molecule has 7 heteroatoms. The number of hydrazine groups is 1. The molecule has 3 aromatic carbocycles. The Bertz CT molecular complexity index is 1140. The number of nitrogens with zero attached hydrogens (tertiary/aromatic N) is 1. The van der Waals surface area contributed by atoms with Gasteiger partial charge in [-0.1, -0.05) is 30.3 Å². The lowest BCUT2D eigenvalue weighted by molar-refractivity contribution is -0.596. The van der Waals surface area contributed by atoms with E-state index in [1.807, 2.05) is 67.7 Å². The van der Waals surface area contributed by atoms with E-state index in [0.29, 0.717) is 17.9 Å². The molecular weight excluding hydrogens is 418 g/mol. The molecule has 0 aromatic heterocycles. The van der Waals surface area contributed by atoms with Gasteiger partial charge in [0.25, 0.3) is 5.91 Å². The van der Waals surface area contributed by atoms with Crippen LogP contribution < -0.4 is 20.2 Å².